The van der Waals surface area contributed by atoms with Crippen molar-refractivity contribution < 1.29 is 4.79 Å². The fourth-order valence-electron chi connectivity index (χ4n) is 2.78. The fourth-order valence-corrected chi connectivity index (χ4v) is 2.78. The molecule has 0 spiro atoms. The van der Waals surface area contributed by atoms with Gasteiger partial charge in [0.1, 0.15) is 23.1 Å². The number of piperazine rings is 1. The van der Waals surface area contributed by atoms with Crippen molar-refractivity contribution in [3.63, 3.8) is 0 Å². The molecule has 2 aromatic heterocycles. The molecule has 0 radical (unpaired) electrons. The van der Waals surface area contributed by atoms with E-state index in [1.807, 2.05) is 11.9 Å². The van der Waals surface area contributed by atoms with Crippen molar-refractivity contribution in [3.05, 3.63) is 45.9 Å². The third-order valence-corrected chi connectivity index (χ3v) is 4.23. The Balaban J connectivity index is 2.23. The average molecular weight is 338 g/mol. The van der Waals surface area contributed by atoms with Crippen molar-refractivity contribution in [3.8, 4) is 6.07 Å². The van der Waals surface area contributed by atoms with E-state index in [0.29, 0.717) is 24.6 Å². The minimum absolute atomic E-state index is 0.198. The van der Waals surface area contributed by atoms with Gasteiger partial charge in [-0.3, -0.25) is 14.0 Å². The van der Waals surface area contributed by atoms with Crippen molar-refractivity contribution in [1.82, 2.24) is 14.3 Å². The van der Waals surface area contributed by atoms with Crippen LogP contribution in [-0.2, 0) is 4.79 Å². The molecule has 1 aliphatic heterocycles. The number of carbonyl (C=O) groups is 1. The van der Waals surface area contributed by atoms with Crippen LogP contribution in [-0.4, -0.2) is 53.4 Å². The predicted octanol–water partition coefficient (Wildman–Crippen LogP) is -0.161. The first-order valence-corrected chi connectivity index (χ1v) is 7.87. The molecule has 0 aromatic carbocycles. The number of pyridine rings is 1. The molecule has 1 amide bonds. The lowest BCUT2D eigenvalue weighted by atomic mass is 10.1. The van der Waals surface area contributed by atoms with E-state index < -0.39 is 5.91 Å². The monoisotopic (exact) mass is 338 g/mol. The van der Waals surface area contributed by atoms with Gasteiger partial charge in [-0.2, -0.15) is 5.26 Å². The summed E-state index contributed by atoms with van der Waals surface area (Å²) in [5, 5.41) is 9.13. The van der Waals surface area contributed by atoms with Gasteiger partial charge < -0.3 is 15.5 Å². The number of amides is 1. The second-order valence-corrected chi connectivity index (χ2v) is 5.91. The van der Waals surface area contributed by atoms with Crippen molar-refractivity contribution in [1.29, 1.82) is 5.26 Å². The van der Waals surface area contributed by atoms with E-state index in [9.17, 15) is 9.59 Å². The molecule has 0 atom stereocenters. The molecule has 3 rings (SSSR count). The zero-order valence-electron chi connectivity index (χ0n) is 13.8. The molecular weight excluding hydrogens is 320 g/mol. The molecule has 0 unspecified atom stereocenters. The quantitative estimate of drug-likeness (QED) is 0.615. The minimum Gasteiger partial charge on any atom is -0.365 e. The Labute approximate surface area is 144 Å². The number of aromatic nitrogens is 2. The number of hydrogen-bond donors (Lipinski definition) is 1. The lowest BCUT2D eigenvalue weighted by Crippen LogP contribution is -2.45. The average Bonchev–Trinajstić information content (AvgIpc) is 2.61. The number of fused-ring (bicyclic) bond motifs is 1. The number of rotatable bonds is 3. The van der Waals surface area contributed by atoms with Crippen LogP contribution < -0.4 is 16.2 Å². The summed E-state index contributed by atoms with van der Waals surface area (Å²) in [4.78, 5) is 33.1. The summed E-state index contributed by atoms with van der Waals surface area (Å²) in [6.07, 6.45) is 2.84. The summed E-state index contributed by atoms with van der Waals surface area (Å²) in [5.74, 6) is -0.400. The predicted molar refractivity (Wildman–Crippen MR) is 94.0 cm³/mol. The maximum absolute atomic E-state index is 12.9. The summed E-state index contributed by atoms with van der Waals surface area (Å²) in [5.41, 5.74) is 5.32. The standard InChI is InChI=1S/C17H18N6O2/c1-21-6-8-22(9-7-21)16-13(10-12(11-18)15(19)24)17(25)23-5-3-2-4-14(23)20-16/h2-5,10H,6-9H2,1H3,(H2,19,24)/b12-10+. The highest BCUT2D eigenvalue weighted by Crippen LogP contribution is 2.20. The molecule has 3 heterocycles. The normalized spacial score (nSPS) is 16.0. The Morgan fingerprint density at radius 1 is 1.32 bits per heavy atom. The van der Waals surface area contributed by atoms with Gasteiger partial charge in [0, 0.05) is 32.4 Å². The first-order valence-electron chi connectivity index (χ1n) is 7.87. The van der Waals surface area contributed by atoms with E-state index >= 15 is 0 Å². The topological polar surface area (TPSA) is 108 Å². The summed E-state index contributed by atoms with van der Waals surface area (Å²) >= 11 is 0. The van der Waals surface area contributed by atoms with Crippen molar-refractivity contribution in [2.75, 3.05) is 38.1 Å². The molecule has 0 bridgehead atoms. The van der Waals surface area contributed by atoms with Gasteiger partial charge in [0.15, 0.2) is 0 Å². The number of carbonyl (C=O) groups excluding carboxylic acids is 1. The van der Waals surface area contributed by atoms with Crippen LogP contribution in [0.15, 0.2) is 34.8 Å². The molecule has 8 heteroatoms. The molecule has 1 saturated heterocycles. The highest BCUT2D eigenvalue weighted by molar-refractivity contribution is 6.01. The zero-order chi connectivity index (χ0) is 18.0. The summed E-state index contributed by atoms with van der Waals surface area (Å²) < 4.78 is 1.39. The zero-order valence-corrected chi connectivity index (χ0v) is 13.8. The largest absolute Gasteiger partial charge is 0.365 e. The van der Waals surface area contributed by atoms with Crippen LogP contribution in [0.3, 0.4) is 0 Å². The number of nitriles is 1. The van der Waals surface area contributed by atoms with Crippen molar-refractivity contribution in [2.45, 2.75) is 0 Å². The van der Waals surface area contributed by atoms with Gasteiger partial charge in [-0.25, -0.2) is 4.98 Å². The second-order valence-electron chi connectivity index (χ2n) is 5.91. The Kier molecular flexibility index (Phi) is 4.50. The van der Waals surface area contributed by atoms with E-state index in [-0.39, 0.29) is 16.7 Å². The maximum atomic E-state index is 12.9. The maximum Gasteiger partial charge on any atom is 0.267 e. The third kappa shape index (κ3) is 3.22. The Morgan fingerprint density at radius 3 is 2.68 bits per heavy atom. The summed E-state index contributed by atoms with van der Waals surface area (Å²) in [6, 6.07) is 7.01. The minimum atomic E-state index is -0.871. The van der Waals surface area contributed by atoms with Gasteiger partial charge >= 0.3 is 0 Å². The first-order chi connectivity index (χ1) is 12.0. The van der Waals surface area contributed by atoms with Crippen LogP contribution in [0.1, 0.15) is 5.56 Å². The lowest BCUT2D eigenvalue weighted by Gasteiger charge is -2.34. The Hall–Kier alpha value is -3.18. The van der Waals surface area contributed by atoms with Gasteiger partial charge in [-0.05, 0) is 25.3 Å². The van der Waals surface area contributed by atoms with Crippen LogP contribution in [0, 0.1) is 11.3 Å². The van der Waals surface area contributed by atoms with Crippen molar-refractivity contribution >= 4 is 23.4 Å². The molecule has 1 fully saturated rings. The molecule has 1 aliphatic rings. The van der Waals surface area contributed by atoms with E-state index in [0.717, 1.165) is 13.1 Å². The number of primary amides is 1. The van der Waals surface area contributed by atoms with Gasteiger partial charge in [-0.1, -0.05) is 6.07 Å². The van der Waals surface area contributed by atoms with Gasteiger partial charge in [-0.15, -0.1) is 0 Å². The van der Waals surface area contributed by atoms with E-state index in [1.165, 1.54) is 10.5 Å². The Morgan fingerprint density at radius 2 is 2.04 bits per heavy atom. The molecule has 0 saturated carbocycles. The van der Waals surface area contributed by atoms with Crippen LogP contribution in [0.2, 0.25) is 0 Å². The van der Waals surface area contributed by atoms with Gasteiger partial charge in [0.05, 0.1) is 5.56 Å². The molecule has 2 N–H and O–H groups in total. The number of nitrogens with zero attached hydrogens (tertiary/aromatic N) is 5. The second kappa shape index (κ2) is 6.75. The number of likely N-dealkylation sites (N-methyl/N-ethyl adjacent to an activating group) is 1. The first kappa shape index (κ1) is 16.7. The van der Waals surface area contributed by atoms with E-state index in [2.05, 4.69) is 9.88 Å². The number of hydrogen-bond acceptors (Lipinski definition) is 6. The fraction of sp³-hybridized carbons (Fsp3) is 0.294. The molecule has 128 valence electrons. The van der Waals surface area contributed by atoms with Crippen LogP contribution in [0.25, 0.3) is 11.7 Å². The van der Waals surface area contributed by atoms with E-state index in [4.69, 9.17) is 11.0 Å². The van der Waals surface area contributed by atoms with Crippen molar-refractivity contribution in [2.24, 2.45) is 5.73 Å². The van der Waals surface area contributed by atoms with Gasteiger partial charge in [0.25, 0.3) is 11.5 Å². The third-order valence-electron chi connectivity index (χ3n) is 4.23. The Bertz CT molecular complexity index is 948. The number of nitrogens with two attached hydrogens (primary N) is 1. The smallest absolute Gasteiger partial charge is 0.267 e. The van der Waals surface area contributed by atoms with Gasteiger partial charge in [0.2, 0.25) is 0 Å². The van der Waals surface area contributed by atoms with Crippen LogP contribution >= 0.6 is 0 Å². The molecule has 2 aromatic rings. The van der Waals surface area contributed by atoms with Crippen LogP contribution in [0.4, 0.5) is 5.82 Å². The molecule has 0 aliphatic carbocycles. The SMILES string of the molecule is CN1CCN(c2nc3ccccn3c(=O)c2/C=C(\C#N)C(N)=O)CC1. The number of anilines is 1. The van der Waals surface area contributed by atoms with E-state index in [1.54, 1.807) is 30.5 Å². The molecular formula is C17H18N6O2. The highest BCUT2D eigenvalue weighted by Gasteiger charge is 2.21. The highest BCUT2D eigenvalue weighted by atomic mass is 16.1. The molecule has 8 nitrogen and oxygen atoms in total. The summed E-state index contributed by atoms with van der Waals surface area (Å²) in [7, 11) is 2.03. The molecule has 25 heavy (non-hydrogen) atoms. The summed E-state index contributed by atoms with van der Waals surface area (Å²) in [6.45, 7) is 3.07. The lowest BCUT2D eigenvalue weighted by molar-refractivity contribution is -0.114. The van der Waals surface area contributed by atoms with Crippen LogP contribution in [0.5, 0.6) is 0 Å².